The maximum absolute atomic E-state index is 14.9. The fourth-order valence-corrected chi connectivity index (χ4v) is 7.88. The monoisotopic (exact) mass is 773 g/mol. The van der Waals surface area contributed by atoms with E-state index in [9.17, 15) is 33.6 Å². The van der Waals surface area contributed by atoms with Crippen LogP contribution in [0.15, 0.2) is 54.6 Å². The average Bonchev–Trinajstić information content (AvgIpc) is 3.67. The van der Waals surface area contributed by atoms with Crippen molar-refractivity contribution in [2.75, 3.05) is 53.2 Å². The van der Waals surface area contributed by atoms with Gasteiger partial charge in [-0.25, -0.2) is 4.79 Å². The van der Waals surface area contributed by atoms with Crippen LogP contribution in [0, 0.1) is 0 Å². The lowest BCUT2D eigenvalue weighted by atomic mass is 9.95. The molecule has 0 aliphatic carbocycles. The molecule has 2 aromatic rings. The molecule has 0 aromatic heterocycles. The number of nitrogens with one attached hydrogen (secondary N) is 2. The summed E-state index contributed by atoms with van der Waals surface area (Å²) >= 11 is 0. The van der Waals surface area contributed by atoms with Crippen LogP contribution in [0.3, 0.4) is 0 Å². The minimum absolute atomic E-state index is 0.00929. The number of fused-ring (bicyclic) bond motifs is 2. The molecule has 0 saturated carbocycles. The van der Waals surface area contributed by atoms with Gasteiger partial charge in [-0.2, -0.15) is 0 Å². The van der Waals surface area contributed by atoms with E-state index in [4.69, 9.17) is 4.74 Å². The Morgan fingerprint density at radius 1 is 0.786 bits per heavy atom. The molecule has 0 radical (unpaired) electrons. The first-order valence-corrected chi connectivity index (χ1v) is 19.3. The van der Waals surface area contributed by atoms with Crippen LogP contribution in [0.5, 0.6) is 0 Å². The van der Waals surface area contributed by atoms with Crippen molar-refractivity contribution in [3.05, 3.63) is 65.7 Å². The number of likely N-dealkylation sites (N-methyl/N-ethyl adjacent to an activating group) is 2. The fraction of sp³-hybridized carbons (Fsp3) is 0.537. The summed E-state index contributed by atoms with van der Waals surface area (Å²) in [5.41, 5.74) is 2.08. The highest BCUT2D eigenvalue weighted by Gasteiger charge is 2.45. The molecule has 5 amide bonds. The maximum atomic E-state index is 14.9. The number of rotatable bonds is 6. The van der Waals surface area contributed by atoms with Crippen LogP contribution in [-0.2, 0) is 44.7 Å². The van der Waals surface area contributed by atoms with E-state index in [1.807, 2.05) is 43.3 Å². The third kappa shape index (κ3) is 9.20. The number of anilines is 1. The summed E-state index contributed by atoms with van der Waals surface area (Å²) < 4.78 is 5.90. The van der Waals surface area contributed by atoms with Crippen molar-refractivity contribution in [2.24, 2.45) is 0 Å². The number of cyclic esters (lactones) is 1. The zero-order valence-corrected chi connectivity index (χ0v) is 33.4. The first kappa shape index (κ1) is 41.8. The Morgan fingerprint density at radius 2 is 1.45 bits per heavy atom. The molecule has 3 saturated heterocycles. The number of esters is 1. The second-order valence-corrected chi connectivity index (χ2v) is 15.3. The summed E-state index contributed by atoms with van der Waals surface area (Å²) in [6.45, 7) is 3.52. The summed E-state index contributed by atoms with van der Waals surface area (Å²) in [6, 6.07) is 9.28. The minimum atomic E-state index is -1.36. The van der Waals surface area contributed by atoms with Crippen molar-refractivity contribution in [3.8, 4) is 0 Å². The second-order valence-electron chi connectivity index (χ2n) is 15.3. The lowest BCUT2D eigenvalue weighted by molar-refractivity contribution is -0.158. The molecule has 3 fully saturated rings. The number of carbonyl (C=O) groups is 7. The Hall–Kier alpha value is -5.31. The van der Waals surface area contributed by atoms with Crippen LogP contribution in [0.25, 0.3) is 0 Å². The Kier molecular flexibility index (Phi) is 13.5. The lowest BCUT2D eigenvalue weighted by Gasteiger charge is -2.40. The number of nitrogens with zero attached hydrogens (tertiary/aromatic N) is 5. The number of hydrogen-bond donors (Lipinski definition) is 2. The topological polar surface area (TPSA) is 169 Å². The van der Waals surface area contributed by atoms with Gasteiger partial charge in [-0.15, -0.1) is 0 Å². The smallest absolute Gasteiger partial charge is 0.333 e. The van der Waals surface area contributed by atoms with Crippen molar-refractivity contribution >= 4 is 47.0 Å². The van der Waals surface area contributed by atoms with Gasteiger partial charge in [0.05, 0.1) is 0 Å². The second kappa shape index (κ2) is 18.1. The molecule has 302 valence electrons. The highest BCUT2D eigenvalue weighted by Crippen LogP contribution is 2.27. The van der Waals surface area contributed by atoms with Crippen molar-refractivity contribution in [3.63, 3.8) is 0 Å². The number of ketones is 1. The molecule has 3 aliphatic heterocycles. The van der Waals surface area contributed by atoms with Crippen LogP contribution in [0.2, 0.25) is 0 Å². The Balaban J connectivity index is 1.61. The summed E-state index contributed by atoms with van der Waals surface area (Å²) in [5.74, 6) is -3.82. The summed E-state index contributed by atoms with van der Waals surface area (Å²) in [4.78, 5) is 106. The molecule has 0 unspecified atom stereocenters. The summed E-state index contributed by atoms with van der Waals surface area (Å²) in [6.07, 6.45) is -0.120. The first-order valence-electron chi connectivity index (χ1n) is 19.3. The molecule has 2 aromatic carbocycles. The maximum Gasteiger partial charge on any atom is 0.333 e. The van der Waals surface area contributed by atoms with Gasteiger partial charge in [-0.05, 0) is 63.5 Å². The SMILES string of the molecule is CC[C@H]1NC(=O)[C@@H](N(C)C)[C@@H](C)OC(=O)[C@H](c2ccccc2)NC(=O)[C@@H]2CC(=O)CCN2C(=O)[C@H](Cc2ccc(N(C)C)cc2)N(C)C(=O)[C@@H]2CCCN2C1=O. The molecule has 7 atom stereocenters. The van der Waals surface area contributed by atoms with Crippen molar-refractivity contribution in [1.29, 1.82) is 0 Å². The molecule has 3 heterocycles. The van der Waals surface area contributed by atoms with E-state index >= 15 is 0 Å². The molecule has 2 N–H and O–H groups in total. The van der Waals surface area contributed by atoms with Crippen LogP contribution in [-0.4, -0.2) is 146 Å². The van der Waals surface area contributed by atoms with E-state index in [0.717, 1.165) is 11.3 Å². The van der Waals surface area contributed by atoms with E-state index in [0.29, 0.717) is 18.4 Å². The third-order valence-electron chi connectivity index (χ3n) is 11.1. The Morgan fingerprint density at radius 3 is 2.07 bits per heavy atom. The number of Topliss-reactive ketones (excluding diaryl/α,β-unsaturated/α-hetero) is 1. The standard InChI is InChI=1S/C41H55N7O8/c1-8-30-38(52)47-21-12-15-31(47)39(53)46(7)33(23-26-16-18-28(19-17-26)44(3)4)40(54)48-22-20-29(49)24-32(48)36(50)43-34(27-13-10-9-11-14-27)41(55)56-25(2)35(45(5)6)37(51)42-30/h9-11,13-14,16-19,25,30-35H,8,12,15,20-24H2,1-7H3,(H,42,51)(H,43,50)/t25-,30-,31+,32+,33+,34+,35+/m1/s1. The van der Waals surface area contributed by atoms with Gasteiger partial charge in [0.25, 0.3) is 0 Å². The van der Waals surface area contributed by atoms with Crippen LogP contribution >= 0.6 is 0 Å². The fourth-order valence-electron chi connectivity index (χ4n) is 7.88. The number of piperidine rings is 1. The number of amides is 5. The average molecular weight is 774 g/mol. The highest BCUT2D eigenvalue weighted by molar-refractivity contribution is 5.99. The minimum Gasteiger partial charge on any atom is -0.459 e. The summed E-state index contributed by atoms with van der Waals surface area (Å²) in [5, 5.41) is 5.60. The molecule has 0 bridgehead atoms. The van der Waals surface area contributed by atoms with Gasteiger partial charge in [-0.1, -0.05) is 49.4 Å². The van der Waals surface area contributed by atoms with Crippen molar-refractivity contribution < 1.29 is 38.3 Å². The number of carbonyl (C=O) groups excluding carboxylic acids is 7. The Bertz CT molecular complexity index is 1790. The third-order valence-corrected chi connectivity index (χ3v) is 11.1. The predicted octanol–water partition coefficient (Wildman–Crippen LogP) is 1.30. The number of hydrogen-bond acceptors (Lipinski definition) is 10. The number of ether oxygens (including phenoxy) is 1. The molecule has 5 rings (SSSR count). The normalized spacial score (nSPS) is 27.5. The lowest BCUT2D eigenvalue weighted by Crippen LogP contribution is -2.61. The summed E-state index contributed by atoms with van der Waals surface area (Å²) in [7, 11) is 8.64. The molecule has 15 nitrogen and oxygen atoms in total. The zero-order chi connectivity index (χ0) is 40.8. The quantitative estimate of drug-likeness (QED) is 0.409. The van der Waals surface area contributed by atoms with Gasteiger partial charge < -0.3 is 35.0 Å². The predicted molar refractivity (Wildman–Crippen MR) is 208 cm³/mol. The molecule has 15 heteroatoms. The molecule has 0 spiro atoms. The number of benzene rings is 2. The van der Waals surface area contributed by atoms with Crippen LogP contribution in [0.1, 0.15) is 63.1 Å². The largest absolute Gasteiger partial charge is 0.459 e. The molecular weight excluding hydrogens is 718 g/mol. The zero-order valence-electron chi connectivity index (χ0n) is 33.4. The van der Waals surface area contributed by atoms with Crippen molar-refractivity contribution in [1.82, 2.24) is 30.2 Å². The Labute approximate surface area is 328 Å². The van der Waals surface area contributed by atoms with E-state index < -0.39 is 77.9 Å². The van der Waals surface area contributed by atoms with Crippen molar-refractivity contribution in [2.45, 2.75) is 94.7 Å². The molecule has 56 heavy (non-hydrogen) atoms. The molecular formula is C41H55N7O8. The van der Waals surface area contributed by atoms with Crippen LogP contribution in [0.4, 0.5) is 5.69 Å². The molecule has 3 aliphatic rings. The first-order chi connectivity index (χ1) is 26.6. The highest BCUT2D eigenvalue weighted by atomic mass is 16.5. The van der Waals surface area contributed by atoms with Gasteiger partial charge in [0.1, 0.15) is 42.1 Å². The van der Waals surface area contributed by atoms with Gasteiger partial charge in [0.2, 0.25) is 29.5 Å². The van der Waals surface area contributed by atoms with Gasteiger partial charge in [0, 0.05) is 59.2 Å². The van der Waals surface area contributed by atoms with Gasteiger partial charge in [-0.3, -0.25) is 33.7 Å². The van der Waals surface area contributed by atoms with E-state index in [1.54, 1.807) is 63.2 Å². The van der Waals surface area contributed by atoms with Crippen LogP contribution < -0.4 is 15.5 Å². The van der Waals surface area contributed by atoms with Gasteiger partial charge >= 0.3 is 5.97 Å². The van der Waals surface area contributed by atoms with E-state index in [1.165, 1.54) is 21.7 Å². The van der Waals surface area contributed by atoms with E-state index in [2.05, 4.69) is 10.6 Å². The van der Waals surface area contributed by atoms with E-state index in [-0.39, 0.29) is 44.6 Å². The van der Waals surface area contributed by atoms with Gasteiger partial charge in [0.15, 0.2) is 6.04 Å².